The summed E-state index contributed by atoms with van der Waals surface area (Å²) in [6.45, 7) is 5.03. The van der Waals surface area contributed by atoms with Crippen LogP contribution < -0.4 is 10.1 Å². The van der Waals surface area contributed by atoms with Gasteiger partial charge in [-0.3, -0.25) is 9.69 Å². The van der Waals surface area contributed by atoms with Crippen molar-refractivity contribution in [3.8, 4) is 5.75 Å². The number of halogens is 1. The number of benzene rings is 2. The summed E-state index contributed by atoms with van der Waals surface area (Å²) in [6.07, 6.45) is 0. The maximum Gasteiger partial charge on any atom is 0.262 e. The van der Waals surface area contributed by atoms with Gasteiger partial charge >= 0.3 is 0 Å². The molecule has 2 aromatic carbocycles. The topological polar surface area (TPSA) is 44.8 Å². The fourth-order valence-electron chi connectivity index (χ4n) is 2.89. The molecule has 1 amide bonds. The minimum Gasteiger partial charge on any atom is -0.484 e. The third kappa shape index (κ3) is 5.54. The Morgan fingerprint density at radius 3 is 2.58 bits per heavy atom. The highest BCUT2D eigenvalue weighted by molar-refractivity contribution is 5.91. The number of ether oxygens (including phenoxy) is 1. The van der Waals surface area contributed by atoms with E-state index >= 15 is 0 Å². The number of hydrogen-bond donors (Lipinski definition) is 1. The van der Waals surface area contributed by atoms with E-state index in [-0.39, 0.29) is 18.3 Å². The van der Waals surface area contributed by atoms with Crippen molar-refractivity contribution < 1.29 is 13.9 Å². The van der Waals surface area contributed by atoms with Crippen LogP contribution in [0.25, 0.3) is 0 Å². The van der Waals surface area contributed by atoms with Gasteiger partial charge in [0.05, 0.1) is 0 Å². The second kappa shape index (κ2) is 8.78. The molecule has 5 nitrogen and oxygen atoms in total. The molecule has 0 bridgehead atoms. The van der Waals surface area contributed by atoms with Crippen LogP contribution in [0.4, 0.5) is 10.1 Å². The lowest BCUT2D eigenvalue weighted by Crippen LogP contribution is -2.43. The van der Waals surface area contributed by atoms with Crippen LogP contribution in [-0.2, 0) is 11.3 Å². The van der Waals surface area contributed by atoms with Crippen molar-refractivity contribution in [2.24, 2.45) is 0 Å². The lowest BCUT2D eigenvalue weighted by molar-refractivity contribution is -0.118. The monoisotopic (exact) mass is 357 g/mol. The molecule has 1 aliphatic rings. The van der Waals surface area contributed by atoms with Crippen molar-refractivity contribution in [1.82, 2.24) is 9.80 Å². The first-order valence-corrected chi connectivity index (χ1v) is 8.76. The average Bonchev–Trinajstić information content (AvgIpc) is 2.63. The summed E-state index contributed by atoms with van der Waals surface area (Å²) in [5, 5.41) is 2.84. The molecule has 1 fully saturated rings. The SMILES string of the molecule is CN1CCN(Cc2cccc(NC(=O)COc3ccc(F)cc3)c2)CC1. The number of anilines is 1. The van der Waals surface area contributed by atoms with Gasteiger partial charge in [-0.15, -0.1) is 0 Å². The number of likely N-dealkylation sites (N-methyl/N-ethyl adjacent to an activating group) is 1. The Kier molecular flexibility index (Phi) is 6.20. The van der Waals surface area contributed by atoms with Crippen LogP contribution in [0.2, 0.25) is 0 Å². The Bertz CT molecular complexity index is 728. The molecular formula is C20H24FN3O2. The highest BCUT2D eigenvalue weighted by Crippen LogP contribution is 2.15. The van der Waals surface area contributed by atoms with Crippen LogP contribution in [0.15, 0.2) is 48.5 Å². The Morgan fingerprint density at radius 1 is 1.12 bits per heavy atom. The summed E-state index contributed by atoms with van der Waals surface area (Å²) < 4.78 is 18.2. The van der Waals surface area contributed by atoms with E-state index < -0.39 is 0 Å². The number of nitrogens with one attached hydrogen (secondary N) is 1. The van der Waals surface area contributed by atoms with E-state index in [2.05, 4.69) is 28.2 Å². The normalized spacial score (nSPS) is 15.6. The van der Waals surface area contributed by atoms with E-state index in [1.54, 1.807) is 0 Å². The first-order valence-electron chi connectivity index (χ1n) is 8.76. The van der Waals surface area contributed by atoms with Crippen molar-refractivity contribution in [2.75, 3.05) is 45.2 Å². The highest BCUT2D eigenvalue weighted by Gasteiger charge is 2.14. The van der Waals surface area contributed by atoms with Gasteiger partial charge in [0.2, 0.25) is 0 Å². The molecule has 0 spiro atoms. The van der Waals surface area contributed by atoms with Crippen molar-refractivity contribution in [2.45, 2.75) is 6.54 Å². The zero-order valence-corrected chi connectivity index (χ0v) is 15.0. The number of carbonyl (C=O) groups excluding carboxylic acids is 1. The van der Waals surface area contributed by atoms with Gasteiger partial charge in [-0.05, 0) is 49.0 Å². The van der Waals surface area contributed by atoms with E-state index in [0.29, 0.717) is 5.75 Å². The zero-order valence-electron chi connectivity index (χ0n) is 15.0. The molecule has 1 heterocycles. The van der Waals surface area contributed by atoms with E-state index in [4.69, 9.17) is 4.74 Å². The van der Waals surface area contributed by atoms with Crippen LogP contribution >= 0.6 is 0 Å². The molecule has 0 atom stereocenters. The molecule has 6 heteroatoms. The molecule has 0 saturated carbocycles. The minimum atomic E-state index is -0.334. The van der Waals surface area contributed by atoms with Crippen molar-refractivity contribution in [3.05, 3.63) is 59.9 Å². The molecule has 0 radical (unpaired) electrons. The van der Waals surface area contributed by atoms with Crippen molar-refractivity contribution in [1.29, 1.82) is 0 Å². The quantitative estimate of drug-likeness (QED) is 0.863. The molecule has 138 valence electrons. The fraction of sp³-hybridized carbons (Fsp3) is 0.350. The van der Waals surface area contributed by atoms with Crippen molar-refractivity contribution in [3.63, 3.8) is 0 Å². The lowest BCUT2D eigenvalue weighted by Gasteiger charge is -2.32. The van der Waals surface area contributed by atoms with Gasteiger partial charge in [0.15, 0.2) is 6.61 Å². The Hall–Kier alpha value is -2.44. The number of carbonyl (C=O) groups is 1. The molecule has 1 N–H and O–H groups in total. The van der Waals surface area contributed by atoms with Gasteiger partial charge in [-0.25, -0.2) is 4.39 Å². The van der Waals surface area contributed by atoms with Gasteiger partial charge in [-0.1, -0.05) is 12.1 Å². The molecule has 1 aliphatic heterocycles. The standard InChI is InChI=1S/C20H24FN3O2/c1-23-9-11-24(12-10-23)14-16-3-2-4-18(13-16)22-20(25)15-26-19-7-5-17(21)6-8-19/h2-8,13H,9-12,14-15H2,1H3,(H,22,25). The third-order valence-electron chi connectivity index (χ3n) is 4.40. The summed E-state index contributed by atoms with van der Waals surface area (Å²) >= 11 is 0. The van der Waals surface area contributed by atoms with Crippen LogP contribution in [0.3, 0.4) is 0 Å². The summed E-state index contributed by atoms with van der Waals surface area (Å²) in [5.41, 5.74) is 1.93. The first-order chi connectivity index (χ1) is 12.6. The Labute approximate surface area is 153 Å². The number of rotatable bonds is 6. The van der Waals surface area contributed by atoms with Gasteiger partial charge < -0.3 is 15.0 Å². The summed E-state index contributed by atoms with van der Waals surface area (Å²) in [5.74, 6) is -0.115. The van der Waals surface area contributed by atoms with Crippen molar-refractivity contribution >= 4 is 11.6 Å². The predicted octanol–water partition coefficient (Wildman–Crippen LogP) is 2.59. The van der Waals surface area contributed by atoms with Crippen LogP contribution in [0.1, 0.15) is 5.56 Å². The van der Waals surface area contributed by atoms with E-state index in [1.165, 1.54) is 29.8 Å². The molecule has 3 rings (SSSR count). The molecule has 2 aromatic rings. The molecule has 0 aliphatic carbocycles. The summed E-state index contributed by atoms with van der Waals surface area (Å²) in [7, 11) is 2.14. The van der Waals surface area contributed by atoms with E-state index in [0.717, 1.165) is 38.4 Å². The second-order valence-corrected chi connectivity index (χ2v) is 6.57. The maximum absolute atomic E-state index is 12.9. The fourth-order valence-corrected chi connectivity index (χ4v) is 2.89. The summed E-state index contributed by atoms with van der Waals surface area (Å²) in [4.78, 5) is 16.8. The van der Waals surface area contributed by atoms with E-state index in [9.17, 15) is 9.18 Å². The molecule has 0 aromatic heterocycles. The number of amides is 1. The Balaban J connectivity index is 1.49. The second-order valence-electron chi connectivity index (χ2n) is 6.57. The zero-order chi connectivity index (χ0) is 18.4. The first kappa shape index (κ1) is 18.4. The predicted molar refractivity (Wildman–Crippen MR) is 99.7 cm³/mol. The van der Waals surface area contributed by atoms with Crippen LogP contribution in [0.5, 0.6) is 5.75 Å². The lowest BCUT2D eigenvalue weighted by atomic mass is 10.1. The molecule has 0 unspecified atom stereocenters. The molecule has 26 heavy (non-hydrogen) atoms. The van der Waals surface area contributed by atoms with Crippen LogP contribution in [-0.4, -0.2) is 55.5 Å². The Morgan fingerprint density at radius 2 is 1.85 bits per heavy atom. The van der Waals surface area contributed by atoms with Gasteiger partial charge in [0.1, 0.15) is 11.6 Å². The smallest absolute Gasteiger partial charge is 0.262 e. The number of piperazine rings is 1. The van der Waals surface area contributed by atoms with Gasteiger partial charge in [0.25, 0.3) is 5.91 Å². The van der Waals surface area contributed by atoms with Crippen LogP contribution in [0, 0.1) is 5.82 Å². The highest BCUT2D eigenvalue weighted by atomic mass is 19.1. The number of nitrogens with zero attached hydrogens (tertiary/aromatic N) is 2. The minimum absolute atomic E-state index is 0.117. The van der Waals surface area contributed by atoms with Gasteiger partial charge in [-0.2, -0.15) is 0 Å². The van der Waals surface area contributed by atoms with Gasteiger partial charge in [0, 0.05) is 38.4 Å². The largest absolute Gasteiger partial charge is 0.484 e. The molecular weight excluding hydrogens is 333 g/mol. The van der Waals surface area contributed by atoms with E-state index in [1.807, 2.05) is 18.2 Å². The average molecular weight is 357 g/mol. The summed E-state index contributed by atoms with van der Waals surface area (Å²) in [6, 6.07) is 13.5. The maximum atomic E-state index is 12.9. The number of hydrogen-bond acceptors (Lipinski definition) is 4. The molecule has 1 saturated heterocycles. The third-order valence-corrected chi connectivity index (χ3v) is 4.40.